The van der Waals surface area contributed by atoms with Crippen LogP contribution in [-0.4, -0.2) is 35.6 Å². The first kappa shape index (κ1) is 14.7. The number of nitrogens with zero attached hydrogens (tertiary/aromatic N) is 1. The van der Waals surface area contributed by atoms with Gasteiger partial charge in [-0.2, -0.15) is 0 Å². The first-order chi connectivity index (χ1) is 10.2. The molecule has 21 heavy (non-hydrogen) atoms. The van der Waals surface area contributed by atoms with Crippen molar-refractivity contribution in [3.05, 3.63) is 65.7 Å². The molecular weight excluding hydrogens is 270 g/mol. The molecule has 1 N–H and O–H groups in total. The smallest absolute Gasteiger partial charge is 0.233 e. The molecule has 0 atom stereocenters. The van der Waals surface area contributed by atoms with E-state index in [1.807, 2.05) is 18.2 Å². The zero-order valence-electron chi connectivity index (χ0n) is 11.3. The van der Waals surface area contributed by atoms with Crippen LogP contribution in [0.5, 0.6) is 5.75 Å². The molecule has 0 heterocycles. The van der Waals surface area contributed by atoms with E-state index in [0.29, 0.717) is 28.3 Å². The van der Waals surface area contributed by atoms with Crippen LogP contribution in [0, 0.1) is 0 Å². The van der Waals surface area contributed by atoms with Crippen molar-refractivity contribution in [1.82, 2.24) is 5.06 Å². The molecule has 108 valence electrons. The second-order valence-corrected chi connectivity index (χ2v) is 4.34. The molecule has 2 rings (SSSR count). The van der Waals surface area contributed by atoms with Gasteiger partial charge in [0.2, 0.25) is 6.41 Å². The van der Waals surface area contributed by atoms with Crippen molar-refractivity contribution in [2.24, 2.45) is 0 Å². The summed E-state index contributed by atoms with van der Waals surface area (Å²) in [7, 11) is 0. The van der Waals surface area contributed by atoms with Crippen LogP contribution in [-0.2, 0) is 4.79 Å². The van der Waals surface area contributed by atoms with Gasteiger partial charge in [-0.3, -0.25) is 14.8 Å². The summed E-state index contributed by atoms with van der Waals surface area (Å²) in [6, 6.07) is 15.8. The number of hydroxylamine groups is 2. The van der Waals surface area contributed by atoms with Crippen LogP contribution in [0.1, 0.15) is 15.9 Å². The lowest BCUT2D eigenvalue weighted by Gasteiger charge is -2.10. The number of ketones is 1. The lowest BCUT2D eigenvalue weighted by molar-refractivity contribution is -0.150. The molecule has 0 bridgehead atoms. The summed E-state index contributed by atoms with van der Waals surface area (Å²) in [5.41, 5.74) is 1.13. The zero-order valence-corrected chi connectivity index (χ0v) is 11.3. The Hall–Kier alpha value is -2.66. The molecule has 0 saturated heterocycles. The van der Waals surface area contributed by atoms with Gasteiger partial charge < -0.3 is 4.74 Å². The van der Waals surface area contributed by atoms with Crippen LogP contribution in [0.15, 0.2) is 54.6 Å². The fourth-order valence-corrected chi connectivity index (χ4v) is 1.79. The Morgan fingerprint density at radius 2 is 1.81 bits per heavy atom. The minimum atomic E-state index is -0.0854. The van der Waals surface area contributed by atoms with Crippen LogP contribution < -0.4 is 4.74 Å². The van der Waals surface area contributed by atoms with E-state index in [-0.39, 0.29) is 18.9 Å². The number of carbonyl (C=O) groups excluding carboxylic acids is 2. The van der Waals surface area contributed by atoms with Crippen LogP contribution in [0.4, 0.5) is 0 Å². The third kappa shape index (κ3) is 4.15. The zero-order chi connectivity index (χ0) is 15.1. The topological polar surface area (TPSA) is 66.8 Å². The summed E-state index contributed by atoms with van der Waals surface area (Å²) >= 11 is 0. The molecule has 0 radical (unpaired) electrons. The average Bonchev–Trinajstić information content (AvgIpc) is 2.55. The van der Waals surface area contributed by atoms with Crippen molar-refractivity contribution in [2.45, 2.75) is 0 Å². The predicted molar refractivity (Wildman–Crippen MR) is 76.4 cm³/mol. The summed E-state index contributed by atoms with van der Waals surface area (Å²) in [6.07, 6.45) is 0.304. The second-order valence-electron chi connectivity index (χ2n) is 4.34. The monoisotopic (exact) mass is 285 g/mol. The van der Waals surface area contributed by atoms with Gasteiger partial charge in [0.15, 0.2) is 5.78 Å². The third-order valence-corrected chi connectivity index (χ3v) is 2.84. The average molecular weight is 285 g/mol. The molecule has 5 nitrogen and oxygen atoms in total. The standard InChI is InChI=1S/C16H15NO4/c18-12-17(20)9-10-21-15-8-4-7-14(11-15)16(19)13-5-2-1-3-6-13/h1-8,11-12,20H,9-10H2. The Bertz CT molecular complexity index is 613. The molecule has 0 saturated carbocycles. The lowest BCUT2D eigenvalue weighted by atomic mass is 10.0. The van der Waals surface area contributed by atoms with Crippen molar-refractivity contribution >= 4 is 12.2 Å². The first-order valence-electron chi connectivity index (χ1n) is 6.44. The van der Waals surface area contributed by atoms with E-state index < -0.39 is 0 Å². The van der Waals surface area contributed by atoms with Crippen molar-refractivity contribution in [3.8, 4) is 5.75 Å². The van der Waals surface area contributed by atoms with Gasteiger partial charge in [-0.15, -0.1) is 0 Å². The molecule has 2 aromatic carbocycles. The fraction of sp³-hybridized carbons (Fsp3) is 0.125. The fourth-order valence-electron chi connectivity index (χ4n) is 1.79. The predicted octanol–water partition coefficient (Wildman–Crippen LogP) is 2.14. The molecule has 5 heteroatoms. The minimum Gasteiger partial charge on any atom is -0.492 e. The Morgan fingerprint density at radius 1 is 1.10 bits per heavy atom. The largest absolute Gasteiger partial charge is 0.492 e. The molecule has 2 aromatic rings. The van der Waals surface area contributed by atoms with Crippen LogP contribution in [0.2, 0.25) is 0 Å². The van der Waals surface area contributed by atoms with Crippen molar-refractivity contribution in [2.75, 3.05) is 13.2 Å². The van der Waals surface area contributed by atoms with Gasteiger partial charge in [0.05, 0.1) is 6.54 Å². The molecule has 0 spiro atoms. The quantitative estimate of drug-likeness (QED) is 0.366. The number of amides is 1. The Kier molecular flexibility index (Phi) is 5.06. The lowest BCUT2D eigenvalue weighted by Crippen LogP contribution is -2.23. The highest BCUT2D eigenvalue weighted by Crippen LogP contribution is 2.16. The van der Waals surface area contributed by atoms with E-state index >= 15 is 0 Å². The van der Waals surface area contributed by atoms with Gasteiger partial charge in [-0.1, -0.05) is 42.5 Å². The van der Waals surface area contributed by atoms with Gasteiger partial charge in [-0.25, -0.2) is 5.06 Å². The summed E-state index contributed by atoms with van der Waals surface area (Å²) < 4.78 is 5.39. The highest BCUT2D eigenvalue weighted by molar-refractivity contribution is 6.09. The number of hydrogen-bond donors (Lipinski definition) is 1. The maximum absolute atomic E-state index is 12.3. The van der Waals surface area contributed by atoms with Crippen LogP contribution in [0.3, 0.4) is 0 Å². The summed E-state index contributed by atoms with van der Waals surface area (Å²) in [5, 5.41) is 9.46. The highest BCUT2D eigenvalue weighted by atomic mass is 16.5. The molecule has 0 aliphatic carbocycles. The molecule has 1 amide bonds. The number of carbonyl (C=O) groups is 2. The van der Waals surface area contributed by atoms with E-state index in [1.165, 1.54) is 0 Å². The number of hydrogen-bond acceptors (Lipinski definition) is 4. The van der Waals surface area contributed by atoms with Gasteiger partial charge in [0.25, 0.3) is 0 Å². The van der Waals surface area contributed by atoms with E-state index in [2.05, 4.69) is 0 Å². The van der Waals surface area contributed by atoms with Crippen molar-refractivity contribution in [1.29, 1.82) is 0 Å². The molecule has 0 fully saturated rings. The summed E-state index contributed by atoms with van der Waals surface area (Å²) in [4.78, 5) is 22.5. The van der Waals surface area contributed by atoms with E-state index in [4.69, 9.17) is 9.94 Å². The molecular formula is C16H15NO4. The van der Waals surface area contributed by atoms with Crippen LogP contribution >= 0.6 is 0 Å². The van der Waals surface area contributed by atoms with Gasteiger partial charge in [0, 0.05) is 11.1 Å². The second kappa shape index (κ2) is 7.21. The Balaban J connectivity index is 2.04. The maximum atomic E-state index is 12.3. The maximum Gasteiger partial charge on any atom is 0.233 e. The van der Waals surface area contributed by atoms with Crippen LogP contribution in [0.25, 0.3) is 0 Å². The third-order valence-electron chi connectivity index (χ3n) is 2.84. The normalized spacial score (nSPS) is 9.95. The van der Waals surface area contributed by atoms with E-state index in [0.717, 1.165) is 0 Å². The minimum absolute atomic E-state index is 0.0559. The Labute approximate surface area is 122 Å². The Morgan fingerprint density at radius 3 is 2.52 bits per heavy atom. The summed E-state index contributed by atoms with van der Waals surface area (Å²) in [5.74, 6) is 0.425. The van der Waals surface area contributed by atoms with Crippen molar-refractivity contribution in [3.63, 3.8) is 0 Å². The molecule has 0 aromatic heterocycles. The summed E-state index contributed by atoms with van der Waals surface area (Å²) in [6.45, 7) is 0.193. The number of rotatable bonds is 7. The van der Waals surface area contributed by atoms with Gasteiger partial charge in [0.1, 0.15) is 12.4 Å². The molecule has 0 unspecified atom stereocenters. The molecule has 0 aliphatic rings. The van der Waals surface area contributed by atoms with Gasteiger partial charge >= 0.3 is 0 Å². The van der Waals surface area contributed by atoms with E-state index in [1.54, 1.807) is 36.4 Å². The van der Waals surface area contributed by atoms with E-state index in [9.17, 15) is 9.59 Å². The number of benzene rings is 2. The van der Waals surface area contributed by atoms with Crippen molar-refractivity contribution < 1.29 is 19.5 Å². The number of ether oxygens (including phenoxy) is 1. The molecule has 0 aliphatic heterocycles. The first-order valence-corrected chi connectivity index (χ1v) is 6.44. The SMILES string of the molecule is O=CN(O)CCOc1cccc(C(=O)c2ccccc2)c1. The van der Waals surface area contributed by atoms with Gasteiger partial charge in [-0.05, 0) is 12.1 Å². The highest BCUT2D eigenvalue weighted by Gasteiger charge is 2.09.